The molecule has 1 heterocycles. The molecule has 0 aliphatic heterocycles. The Morgan fingerprint density at radius 2 is 2.11 bits per heavy atom. The fourth-order valence-electron chi connectivity index (χ4n) is 1.69. The van der Waals surface area contributed by atoms with Crippen molar-refractivity contribution in [2.45, 2.75) is 59.0 Å². The molecule has 108 valence electrons. The number of hydrogen-bond donors (Lipinski definition) is 1. The first kappa shape index (κ1) is 16.1. The lowest BCUT2D eigenvalue weighted by Crippen LogP contribution is -2.32. The summed E-state index contributed by atoms with van der Waals surface area (Å²) < 4.78 is 0. The highest BCUT2D eigenvalue weighted by atomic mass is 32.1. The second kappa shape index (κ2) is 6.48. The lowest BCUT2D eigenvalue weighted by Gasteiger charge is -2.24. The fourth-order valence-corrected chi connectivity index (χ4v) is 2.59. The molecule has 0 fully saturated rings. The SMILES string of the molecule is CC(C)N(CCC(=O)O)Cc1csc(C(C)(C)C)n1. The highest BCUT2D eigenvalue weighted by Gasteiger charge is 2.19. The summed E-state index contributed by atoms with van der Waals surface area (Å²) in [4.78, 5) is 17.5. The predicted molar refractivity (Wildman–Crippen MR) is 78.6 cm³/mol. The number of carboxylic acids is 1. The normalized spacial score (nSPS) is 12.4. The predicted octanol–water partition coefficient (Wildman–Crippen LogP) is 3.13. The van der Waals surface area contributed by atoms with Gasteiger partial charge in [-0.1, -0.05) is 20.8 Å². The van der Waals surface area contributed by atoms with Crippen LogP contribution in [0, 0.1) is 0 Å². The van der Waals surface area contributed by atoms with E-state index in [1.807, 2.05) is 0 Å². The number of aromatic nitrogens is 1. The summed E-state index contributed by atoms with van der Waals surface area (Å²) >= 11 is 1.68. The van der Waals surface area contributed by atoms with Gasteiger partial charge in [-0.25, -0.2) is 4.98 Å². The fraction of sp³-hybridized carbons (Fsp3) is 0.714. The van der Waals surface area contributed by atoms with Gasteiger partial charge >= 0.3 is 5.97 Å². The van der Waals surface area contributed by atoms with Crippen LogP contribution in [0.25, 0.3) is 0 Å². The molecule has 0 saturated carbocycles. The maximum absolute atomic E-state index is 10.7. The molecule has 0 radical (unpaired) electrons. The number of rotatable bonds is 6. The lowest BCUT2D eigenvalue weighted by atomic mass is 9.98. The Morgan fingerprint density at radius 1 is 1.47 bits per heavy atom. The minimum atomic E-state index is -0.751. The van der Waals surface area contributed by atoms with E-state index in [4.69, 9.17) is 5.11 Å². The monoisotopic (exact) mass is 284 g/mol. The van der Waals surface area contributed by atoms with E-state index in [1.54, 1.807) is 11.3 Å². The van der Waals surface area contributed by atoms with Crippen LogP contribution in [0.2, 0.25) is 0 Å². The summed E-state index contributed by atoms with van der Waals surface area (Å²) in [5.41, 5.74) is 1.11. The molecule has 0 bridgehead atoms. The van der Waals surface area contributed by atoms with Crippen molar-refractivity contribution in [3.8, 4) is 0 Å². The van der Waals surface area contributed by atoms with Gasteiger partial charge < -0.3 is 5.11 Å². The van der Waals surface area contributed by atoms with Crippen molar-refractivity contribution in [2.75, 3.05) is 6.54 Å². The molecule has 1 aromatic rings. The molecule has 19 heavy (non-hydrogen) atoms. The van der Waals surface area contributed by atoms with Crippen molar-refractivity contribution < 1.29 is 9.90 Å². The van der Waals surface area contributed by atoms with Crippen LogP contribution in [0.15, 0.2) is 5.38 Å². The maximum atomic E-state index is 10.7. The number of aliphatic carboxylic acids is 1. The number of thiazole rings is 1. The molecule has 0 aromatic carbocycles. The van der Waals surface area contributed by atoms with Crippen LogP contribution in [0.4, 0.5) is 0 Å². The van der Waals surface area contributed by atoms with E-state index in [9.17, 15) is 4.79 Å². The van der Waals surface area contributed by atoms with Crippen LogP contribution in [0.3, 0.4) is 0 Å². The van der Waals surface area contributed by atoms with Crippen molar-refractivity contribution >= 4 is 17.3 Å². The molecule has 0 amide bonds. The number of carboxylic acid groups (broad SMARTS) is 1. The Hall–Kier alpha value is -0.940. The zero-order valence-corrected chi connectivity index (χ0v) is 13.3. The highest BCUT2D eigenvalue weighted by molar-refractivity contribution is 7.09. The van der Waals surface area contributed by atoms with Gasteiger partial charge in [-0.2, -0.15) is 0 Å². The van der Waals surface area contributed by atoms with Crippen molar-refractivity contribution in [1.82, 2.24) is 9.88 Å². The molecule has 1 aromatic heterocycles. The van der Waals surface area contributed by atoms with Gasteiger partial charge in [-0.05, 0) is 13.8 Å². The molecule has 0 atom stereocenters. The number of carbonyl (C=O) groups is 1. The number of hydrogen-bond acceptors (Lipinski definition) is 4. The van der Waals surface area contributed by atoms with Gasteiger partial charge in [-0.15, -0.1) is 11.3 Å². The largest absolute Gasteiger partial charge is 0.481 e. The van der Waals surface area contributed by atoms with Gasteiger partial charge in [0.15, 0.2) is 0 Å². The third kappa shape index (κ3) is 5.28. The molecular formula is C14H24N2O2S. The third-order valence-corrected chi connectivity index (χ3v) is 4.22. The highest BCUT2D eigenvalue weighted by Crippen LogP contribution is 2.26. The Balaban J connectivity index is 2.69. The third-order valence-electron chi connectivity index (χ3n) is 2.90. The molecule has 0 unspecified atom stereocenters. The van der Waals surface area contributed by atoms with E-state index < -0.39 is 5.97 Å². The van der Waals surface area contributed by atoms with E-state index in [2.05, 4.69) is 49.9 Å². The first-order valence-electron chi connectivity index (χ1n) is 6.61. The summed E-state index contributed by atoms with van der Waals surface area (Å²) in [6.07, 6.45) is 0.175. The minimum absolute atomic E-state index is 0.0760. The topological polar surface area (TPSA) is 53.4 Å². The second-order valence-electron chi connectivity index (χ2n) is 6.10. The molecule has 0 aliphatic carbocycles. The molecule has 4 nitrogen and oxygen atoms in total. The van der Waals surface area contributed by atoms with Gasteiger partial charge in [0.05, 0.1) is 17.1 Å². The molecular weight excluding hydrogens is 260 g/mol. The van der Waals surface area contributed by atoms with E-state index >= 15 is 0 Å². The average Bonchev–Trinajstić information content (AvgIpc) is 2.71. The molecule has 0 saturated heterocycles. The summed E-state index contributed by atoms with van der Waals surface area (Å²) in [6.45, 7) is 11.9. The summed E-state index contributed by atoms with van der Waals surface area (Å²) in [6, 6.07) is 0.319. The molecule has 5 heteroatoms. The van der Waals surface area contributed by atoms with E-state index in [0.717, 1.165) is 17.2 Å². The Labute approximate surface area is 119 Å². The van der Waals surface area contributed by atoms with E-state index in [1.165, 1.54) is 0 Å². The van der Waals surface area contributed by atoms with Gasteiger partial charge in [0, 0.05) is 29.9 Å². The minimum Gasteiger partial charge on any atom is -0.481 e. The van der Waals surface area contributed by atoms with Gasteiger partial charge in [-0.3, -0.25) is 9.69 Å². The first-order valence-corrected chi connectivity index (χ1v) is 7.49. The van der Waals surface area contributed by atoms with E-state index in [-0.39, 0.29) is 11.8 Å². The average molecular weight is 284 g/mol. The Kier molecular flexibility index (Phi) is 5.50. The van der Waals surface area contributed by atoms with Crippen LogP contribution < -0.4 is 0 Å². The van der Waals surface area contributed by atoms with Crippen LogP contribution in [0.1, 0.15) is 51.7 Å². The number of nitrogens with zero attached hydrogens (tertiary/aromatic N) is 2. The van der Waals surface area contributed by atoms with Gasteiger partial charge in [0.1, 0.15) is 0 Å². The van der Waals surface area contributed by atoms with Crippen LogP contribution in [-0.4, -0.2) is 33.5 Å². The first-order chi connectivity index (χ1) is 8.70. The van der Waals surface area contributed by atoms with Crippen LogP contribution in [0.5, 0.6) is 0 Å². The lowest BCUT2D eigenvalue weighted by molar-refractivity contribution is -0.137. The van der Waals surface area contributed by atoms with Gasteiger partial charge in [0.2, 0.25) is 0 Å². The second-order valence-corrected chi connectivity index (χ2v) is 6.96. The molecule has 1 N–H and O–H groups in total. The van der Waals surface area contributed by atoms with Crippen LogP contribution in [-0.2, 0) is 16.8 Å². The summed E-state index contributed by atoms with van der Waals surface area (Å²) in [7, 11) is 0. The molecule has 0 aliphatic rings. The quantitative estimate of drug-likeness (QED) is 0.872. The van der Waals surface area contributed by atoms with Crippen LogP contribution >= 0.6 is 11.3 Å². The Bertz CT molecular complexity index is 421. The molecule has 1 rings (SSSR count). The van der Waals surface area contributed by atoms with E-state index in [0.29, 0.717) is 12.6 Å². The summed E-state index contributed by atoms with van der Waals surface area (Å²) in [5, 5.41) is 12.0. The summed E-state index contributed by atoms with van der Waals surface area (Å²) in [5.74, 6) is -0.751. The Morgan fingerprint density at radius 3 is 2.53 bits per heavy atom. The van der Waals surface area contributed by atoms with Crippen molar-refractivity contribution in [3.63, 3.8) is 0 Å². The van der Waals surface area contributed by atoms with Gasteiger partial charge in [0.25, 0.3) is 0 Å². The standard InChI is InChI=1S/C14H24N2O2S/c1-10(2)16(7-6-12(17)18)8-11-9-19-13(15-11)14(3,4)5/h9-10H,6-8H2,1-5H3,(H,17,18). The zero-order chi connectivity index (χ0) is 14.6. The van der Waals surface area contributed by atoms with Crippen molar-refractivity contribution in [1.29, 1.82) is 0 Å². The van der Waals surface area contributed by atoms with Crippen molar-refractivity contribution in [3.05, 3.63) is 16.1 Å². The zero-order valence-electron chi connectivity index (χ0n) is 12.4. The smallest absolute Gasteiger partial charge is 0.304 e. The molecule has 0 spiro atoms. The maximum Gasteiger partial charge on any atom is 0.304 e. The van der Waals surface area contributed by atoms with Crippen molar-refractivity contribution in [2.24, 2.45) is 0 Å².